The van der Waals surface area contributed by atoms with Crippen LogP contribution in [-0.4, -0.2) is 56.1 Å². The molecule has 1 heterocycles. The van der Waals surface area contributed by atoms with Crippen molar-refractivity contribution in [3.05, 3.63) is 29.8 Å². The molecule has 4 heteroatoms. The van der Waals surface area contributed by atoms with Gasteiger partial charge >= 0.3 is 0 Å². The van der Waals surface area contributed by atoms with Crippen LogP contribution in [0.25, 0.3) is 0 Å². The van der Waals surface area contributed by atoms with E-state index in [1.165, 1.54) is 5.69 Å². The third-order valence-corrected chi connectivity index (χ3v) is 4.42. The molecule has 1 aromatic rings. The number of nitrogens with zero attached hydrogens (tertiary/aromatic N) is 4. The van der Waals surface area contributed by atoms with Crippen LogP contribution in [0.3, 0.4) is 0 Å². The second-order valence-electron chi connectivity index (χ2n) is 5.99. The largest absolute Gasteiger partial charge is 0.378 e. The number of hydrogen-bond donors (Lipinski definition) is 0. The highest BCUT2D eigenvalue weighted by atomic mass is 15.3. The normalized spacial score (nSPS) is 21.8. The van der Waals surface area contributed by atoms with Gasteiger partial charge in [-0.25, -0.2) is 0 Å². The van der Waals surface area contributed by atoms with E-state index in [4.69, 9.17) is 0 Å². The summed E-state index contributed by atoms with van der Waals surface area (Å²) in [6.45, 7) is 8.51. The third-order valence-electron chi connectivity index (χ3n) is 4.42. The molecule has 1 aromatic carbocycles. The van der Waals surface area contributed by atoms with Crippen molar-refractivity contribution in [3.8, 4) is 6.07 Å². The topological polar surface area (TPSA) is 33.5 Å². The summed E-state index contributed by atoms with van der Waals surface area (Å²) in [5, 5.41) is 9.60. The highest BCUT2D eigenvalue weighted by molar-refractivity contribution is 5.47. The Morgan fingerprint density at radius 2 is 1.95 bits per heavy atom. The average molecular weight is 286 g/mol. The predicted octanol–water partition coefficient (Wildman–Crippen LogP) is 2.34. The fourth-order valence-electron chi connectivity index (χ4n) is 3.05. The van der Waals surface area contributed by atoms with Crippen molar-refractivity contribution in [3.63, 3.8) is 0 Å². The van der Waals surface area contributed by atoms with Gasteiger partial charge in [0, 0.05) is 45.5 Å². The summed E-state index contributed by atoms with van der Waals surface area (Å²) in [6, 6.07) is 11.2. The fourth-order valence-corrected chi connectivity index (χ4v) is 3.05. The SMILES string of the molecule is CCN1CCN(C(C#N)c2ccc(N(C)C)cc2)CC1C. The van der Waals surface area contributed by atoms with Crippen molar-refractivity contribution in [1.82, 2.24) is 9.80 Å². The Balaban J connectivity index is 2.11. The van der Waals surface area contributed by atoms with Crippen LogP contribution in [0.1, 0.15) is 25.5 Å². The first-order valence-corrected chi connectivity index (χ1v) is 7.71. The minimum Gasteiger partial charge on any atom is -0.378 e. The van der Waals surface area contributed by atoms with E-state index in [0.717, 1.165) is 31.7 Å². The summed E-state index contributed by atoms with van der Waals surface area (Å²) >= 11 is 0. The van der Waals surface area contributed by atoms with Crippen molar-refractivity contribution in [1.29, 1.82) is 5.26 Å². The molecule has 1 saturated heterocycles. The predicted molar refractivity (Wildman–Crippen MR) is 87.4 cm³/mol. The average Bonchev–Trinajstić information content (AvgIpc) is 2.49. The second kappa shape index (κ2) is 6.93. The van der Waals surface area contributed by atoms with Gasteiger partial charge in [-0.05, 0) is 31.2 Å². The highest BCUT2D eigenvalue weighted by Gasteiger charge is 2.28. The van der Waals surface area contributed by atoms with E-state index in [2.05, 4.69) is 58.9 Å². The maximum Gasteiger partial charge on any atom is 0.123 e. The smallest absolute Gasteiger partial charge is 0.123 e. The van der Waals surface area contributed by atoms with Crippen LogP contribution in [-0.2, 0) is 0 Å². The van der Waals surface area contributed by atoms with Gasteiger partial charge in [0.05, 0.1) is 6.07 Å². The maximum absolute atomic E-state index is 9.60. The van der Waals surface area contributed by atoms with Gasteiger partial charge in [-0.2, -0.15) is 5.26 Å². The molecule has 1 aliphatic rings. The Morgan fingerprint density at radius 1 is 1.29 bits per heavy atom. The van der Waals surface area contributed by atoms with Crippen LogP contribution in [0.15, 0.2) is 24.3 Å². The molecule has 4 nitrogen and oxygen atoms in total. The summed E-state index contributed by atoms with van der Waals surface area (Å²) < 4.78 is 0. The van der Waals surface area contributed by atoms with E-state index in [0.29, 0.717) is 6.04 Å². The fraction of sp³-hybridized carbons (Fsp3) is 0.588. The third kappa shape index (κ3) is 3.55. The Hall–Kier alpha value is -1.57. The molecule has 0 saturated carbocycles. The summed E-state index contributed by atoms with van der Waals surface area (Å²) in [4.78, 5) is 6.86. The van der Waals surface area contributed by atoms with E-state index >= 15 is 0 Å². The zero-order chi connectivity index (χ0) is 15.4. The molecular weight excluding hydrogens is 260 g/mol. The van der Waals surface area contributed by atoms with Gasteiger partial charge in [-0.15, -0.1) is 0 Å². The van der Waals surface area contributed by atoms with Gasteiger partial charge < -0.3 is 4.90 Å². The molecule has 1 fully saturated rings. The summed E-state index contributed by atoms with van der Waals surface area (Å²) in [7, 11) is 4.06. The highest BCUT2D eigenvalue weighted by Crippen LogP contribution is 2.25. The van der Waals surface area contributed by atoms with E-state index in [-0.39, 0.29) is 6.04 Å². The molecule has 2 rings (SSSR count). The van der Waals surface area contributed by atoms with Crippen LogP contribution < -0.4 is 4.90 Å². The number of rotatable bonds is 4. The number of hydrogen-bond acceptors (Lipinski definition) is 4. The minimum absolute atomic E-state index is 0.136. The lowest BCUT2D eigenvalue weighted by atomic mass is 10.0. The first kappa shape index (κ1) is 15.8. The zero-order valence-corrected chi connectivity index (χ0v) is 13.6. The Kier molecular flexibility index (Phi) is 5.22. The molecule has 114 valence electrons. The van der Waals surface area contributed by atoms with E-state index in [9.17, 15) is 5.26 Å². The second-order valence-corrected chi connectivity index (χ2v) is 5.99. The molecule has 1 aliphatic heterocycles. The van der Waals surface area contributed by atoms with Gasteiger partial charge in [-0.3, -0.25) is 9.80 Å². The van der Waals surface area contributed by atoms with Gasteiger partial charge in [0.15, 0.2) is 0 Å². The van der Waals surface area contributed by atoms with Crippen LogP contribution >= 0.6 is 0 Å². The van der Waals surface area contributed by atoms with Crippen LogP contribution in [0, 0.1) is 11.3 Å². The van der Waals surface area contributed by atoms with Gasteiger partial charge in [0.2, 0.25) is 0 Å². The van der Waals surface area contributed by atoms with Crippen LogP contribution in [0.4, 0.5) is 5.69 Å². The first-order valence-electron chi connectivity index (χ1n) is 7.71. The molecule has 0 amide bonds. The molecule has 0 aliphatic carbocycles. The van der Waals surface area contributed by atoms with Gasteiger partial charge in [0.25, 0.3) is 0 Å². The Bertz CT molecular complexity index is 489. The maximum atomic E-state index is 9.60. The number of anilines is 1. The summed E-state index contributed by atoms with van der Waals surface area (Å²) in [5.41, 5.74) is 2.26. The van der Waals surface area contributed by atoms with E-state index in [1.807, 2.05) is 14.1 Å². The van der Waals surface area contributed by atoms with Crippen molar-refractivity contribution in [2.24, 2.45) is 0 Å². The summed E-state index contributed by atoms with van der Waals surface area (Å²) in [6.07, 6.45) is 0. The molecule has 2 atom stereocenters. The number of likely N-dealkylation sites (N-methyl/N-ethyl adjacent to an activating group) is 1. The molecule has 0 radical (unpaired) electrons. The van der Waals surface area contributed by atoms with Crippen molar-refractivity contribution >= 4 is 5.69 Å². The molecule has 2 unspecified atom stereocenters. The zero-order valence-electron chi connectivity index (χ0n) is 13.6. The molecular formula is C17H26N4. The van der Waals surface area contributed by atoms with Gasteiger partial charge in [0.1, 0.15) is 6.04 Å². The lowest BCUT2D eigenvalue weighted by molar-refractivity contribution is 0.0730. The lowest BCUT2D eigenvalue weighted by Crippen LogP contribution is -2.52. The molecule has 0 N–H and O–H groups in total. The van der Waals surface area contributed by atoms with Crippen molar-refractivity contribution in [2.45, 2.75) is 25.9 Å². The monoisotopic (exact) mass is 286 g/mol. The standard InChI is InChI=1S/C17H26N4/c1-5-20-10-11-21(13-14(20)2)17(12-18)15-6-8-16(9-7-15)19(3)4/h6-9,14,17H,5,10-11,13H2,1-4H3. The van der Waals surface area contributed by atoms with E-state index < -0.39 is 0 Å². The lowest BCUT2D eigenvalue weighted by Gasteiger charge is -2.41. The van der Waals surface area contributed by atoms with Crippen molar-refractivity contribution < 1.29 is 0 Å². The molecule has 0 bridgehead atoms. The van der Waals surface area contributed by atoms with Crippen LogP contribution in [0.5, 0.6) is 0 Å². The Labute approximate surface area is 128 Å². The molecule has 0 aromatic heterocycles. The summed E-state index contributed by atoms with van der Waals surface area (Å²) in [5.74, 6) is 0. The minimum atomic E-state index is -0.136. The number of piperazine rings is 1. The first-order chi connectivity index (χ1) is 10.1. The number of benzene rings is 1. The Morgan fingerprint density at radius 3 is 2.43 bits per heavy atom. The van der Waals surface area contributed by atoms with Crippen LogP contribution in [0.2, 0.25) is 0 Å². The molecule has 0 spiro atoms. The van der Waals surface area contributed by atoms with Crippen molar-refractivity contribution in [2.75, 3.05) is 45.2 Å². The molecule has 21 heavy (non-hydrogen) atoms. The quantitative estimate of drug-likeness (QED) is 0.851. The number of nitriles is 1. The van der Waals surface area contributed by atoms with Gasteiger partial charge in [-0.1, -0.05) is 19.1 Å². The van der Waals surface area contributed by atoms with E-state index in [1.54, 1.807) is 0 Å².